The first kappa shape index (κ1) is 11.9. The molecule has 1 fully saturated rings. The van der Waals surface area contributed by atoms with Crippen LogP contribution in [0.2, 0.25) is 0 Å². The molecular weight excluding hydrogens is 212 g/mol. The van der Waals surface area contributed by atoms with Gasteiger partial charge < -0.3 is 10.6 Å². The maximum Gasteiger partial charge on any atom is 0.141 e. The highest BCUT2D eigenvalue weighted by atomic mass is 15.2. The Bertz CT molecular complexity index is 381. The summed E-state index contributed by atoms with van der Waals surface area (Å²) in [6.45, 7) is 2.13. The summed E-state index contributed by atoms with van der Waals surface area (Å²) in [5.74, 6) is 0.999. The monoisotopic (exact) mass is 232 g/mol. The minimum atomic E-state index is 0.0406. The van der Waals surface area contributed by atoms with Gasteiger partial charge in [0.15, 0.2) is 0 Å². The highest BCUT2D eigenvalue weighted by Gasteiger charge is 2.11. The zero-order valence-electron chi connectivity index (χ0n) is 10.2. The molecule has 0 radical (unpaired) electrons. The molecule has 92 valence electrons. The molecule has 17 heavy (non-hydrogen) atoms. The Morgan fingerprint density at radius 1 is 1.12 bits per heavy atom. The molecule has 1 aliphatic rings. The van der Waals surface area contributed by atoms with E-state index < -0.39 is 0 Å². The number of nitrogens with one attached hydrogen (secondary N) is 1. The summed E-state index contributed by atoms with van der Waals surface area (Å²) in [5, 5.41) is 7.42. The molecule has 1 aromatic heterocycles. The van der Waals surface area contributed by atoms with Gasteiger partial charge in [-0.3, -0.25) is 5.41 Å². The zero-order chi connectivity index (χ0) is 12.1. The van der Waals surface area contributed by atoms with Crippen LogP contribution in [0, 0.1) is 5.41 Å². The smallest absolute Gasteiger partial charge is 0.141 e. The maximum absolute atomic E-state index is 7.42. The van der Waals surface area contributed by atoms with Crippen LogP contribution in [0.3, 0.4) is 0 Å². The van der Waals surface area contributed by atoms with E-state index in [1.54, 1.807) is 6.07 Å². The minimum absolute atomic E-state index is 0.0406. The van der Waals surface area contributed by atoms with Crippen LogP contribution >= 0.6 is 0 Å². The molecule has 1 aliphatic heterocycles. The lowest BCUT2D eigenvalue weighted by atomic mass is 10.1. The Morgan fingerprint density at radius 2 is 1.76 bits per heavy atom. The molecule has 1 saturated heterocycles. The number of hydrogen-bond acceptors (Lipinski definition) is 3. The zero-order valence-corrected chi connectivity index (χ0v) is 10.2. The minimum Gasteiger partial charge on any atom is -0.382 e. The summed E-state index contributed by atoms with van der Waals surface area (Å²) in [7, 11) is 0. The molecule has 0 amide bonds. The third-order valence-corrected chi connectivity index (χ3v) is 3.19. The SMILES string of the molecule is N=C(N)c1cccc(N2CCCCCCC2)n1. The number of rotatable bonds is 2. The van der Waals surface area contributed by atoms with Crippen LogP contribution in [0.5, 0.6) is 0 Å². The second-order valence-corrected chi connectivity index (χ2v) is 4.55. The molecule has 0 saturated carbocycles. The fourth-order valence-electron chi connectivity index (χ4n) is 2.23. The maximum atomic E-state index is 7.42. The van der Waals surface area contributed by atoms with Crippen LogP contribution in [0.4, 0.5) is 5.82 Å². The van der Waals surface area contributed by atoms with Crippen LogP contribution in [-0.2, 0) is 0 Å². The first-order valence-electron chi connectivity index (χ1n) is 6.34. The van der Waals surface area contributed by atoms with E-state index >= 15 is 0 Å². The number of hydrogen-bond donors (Lipinski definition) is 2. The molecule has 1 aromatic rings. The molecule has 3 N–H and O–H groups in total. The topological polar surface area (TPSA) is 66.0 Å². The number of nitrogens with two attached hydrogens (primary N) is 1. The molecule has 0 aromatic carbocycles. The van der Waals surface area contributed by atoms with Gasteiger partial charge >= 0.3 is 0 Å². The van der Waals surface area contributed by atoms with Gasteiger partial charge in [0, 0.05) is 13.1 Å². The molecule has 4 nitrogen and oxygen atoms in total. The predicted molar refractivity (Wildman–Crippen MR) is 70.6 cm³/mol. The molecular formula is C13H20N4. The van der Waals surface area contributed by atoms with Gasteiger partial charge in [-0.1, -0.05) is 25.3 Å². The van der Waals surface area contributed by atoms with Crippen molar-refractivity contribution in [3.8, 4) is 0 Å². The second kappa shape index (κ2) is 5.66. The van der Waals surface area contributed by atoms with Crippen molar-refractivity contribution in [2.24, 2.45) is 5.73 Å². The van der Waals surface area contributed by atoms with Gasteiger partial charge in [0.05, 0.1) is 0 Å². The number of amidine groups is 1. The van der Waals surface area contributed by atoms with E-state index in [0.29, 0.717) is 5.69 Å². The molecule has 4 heteroatoms. The van der Waals surface area contributed by atoms with E-state index in [4.69, 9.17) is 11.1 Å². The fourth-order valence-corrected chi connectivity index (χ4v) is 2.23. The normalized spacial score (nSPS) is 17.3. The summed E-state index contributed by atoms with van der Waals surface area (Å²) in [4.78, 5) is 6.76. The van der Waals surface area contributed by atoms with Gasteiger partial charge in [0.25, 0.3) is 0 Å². The van der Waals surface area contributed by atoms with Crippen LogP contribution in [0.15, 0.2) is 18.2 Å². The van der Waals surface area contributed by atoms with E-state index in [9.17, 15) is 0 Å². The molecule has 0 atom stereocenters. The summed E-state index contributed by atoms with van der Waals surface area (Å²) in [6, 6.07) is 5.72. The van der Waals surface area contributed by atoms with Crippen molar-refractivity contribution >= 4 is 11.7 Å². The number of aromatic nitrogens is 1. The molecule has 0 unspecified atom stereocenters. The van der Waals surface area contributed by atoms with Gasteiger partial charge in [-0.15, -0.1) is 0 Å². The highest BCUT2D eigenvalue weighted by molar-refractivity contribution is 5.93. The summed E-state index contributed by atoms with van der Waals surface area (Å²) < 4.78 is 0. The van der Waals surface area contributed by atoms with Gasteiger partial charge in [0.2, 0.25) is 0 Å². The fraction of sp³-hybridized carbons (Fsp3) is 0.538. The number of nitrogens with zero attached hydrogens (tertiary/aromatic N) is 2. The largest absolute Gasteiger partial charge is 0.382 e. The van der Waals surface area contributed by atoms with E-state index in [-0.39, 0.29) is 5.84 Å². The third kappa shape index (κ3) is 3.19. The van der Waals surface area contributed by atoms with Crippen LogP contribution in [-0.4, -0.2) is 23.9 Å². The van der Waals surface area contributed by atoms with E-state index in [2.05, 4.69) is 9.88 Å². The average molecular weight is 232 g/mol. The van der Waals surface area contributed by atoms with Crippen molar-refractivity contribution in [1.29, 1.82) is 5.41 Å². The van der Waals surface area contributed by atoms with E-state index in [1.807, 2.05) is 12.1 Å². The Labute approximate surface area is 102 Å². The summed E-state index contributed by atoms with van der Waals surface area (Å²) in [6.07, 6.45) is 6.43. The van der Waals surface area contributed by atoms with Crippen LogP contribution in [0.1, 0.15) is 37.8 Å². The van der Waals surface area contributed by atoms with Gasteiger partial charge in [0.1, 0.15) is 17.3 Å². The third-order valence-electron chi connectivity index (χ3n) is 3.19. The van der Waals surface area contributed by atoms with Crippen molar-refractivity contribution < 1.29 is 0 Å². The Kier molecular flexibility index (Phi) is 3.96. The standard InChI is InChI=1S/C13H20N4/c14-13(15)11-7-6-8-12(16-11)17-9-4-2-1-3-5-10-17/h6-8H,1-5,9-10H2,(H3,14,15). The first-order chi connectivity index (χ1) is 8.27. The quantitative estimate of drug-likeness (QED) is 0.606. The molecule has 0 bridgehead atoms. The number of pyridine rings is 1. The van der Waals surface area contributed by atoms with Crippen molar-refractivity contribution in [3.05, 3.63) is 23.9 Å². The Morgan fingerprint density at radius 3 is 2.41 bits per heavy atom. The molecule has 2 rings (SSSR count). The molecule has 2 heterocycles. The van der Waals surface area contributed by atoms with Crippen molar-refractivity contribution in [2.75, 3.05) is 18.0 Å². The highest BCUT2D eigenvalue weighted by Crippen LogP contribution is 2.17. The lowest BCUT2D eigenvalue weighted by Gasteiger charge is -2.26. The van der Waals surface area contributed by atoms with E-state index in [0.717, 1.165) is 18.9 Å². The first-order valence-corrected chi connectivity index (χ1v) is 6.34. The second-order valence-electron chi connectivity index (χ2n) is 4.55. The molecule has 0 spiro atoms. The van der Waals surface area contributed by atoms with Gasteiger partial charge in [-0.25, -0.2) is 4.98 Å². The molecule has 0 aliphatic carbocycles. The van der Waals surface area contributed by atoms with Crippen molar-refractivity contribution in [3.63, 3.8) is 0 Å². The van der Waals surface area contributed by atoms with E-state index in [1.165, 1.54) is 32.1 Å². The van der Waals surface area contributed by atoms with Gasteiger partial charge in [-0.2, -0.15) is 0 Å². The Balaban J connectivity index is 2.13. The lowest BCUT2D eigenvalue weighted by molar-refractivity contribution is 0.554. The van der Waals surface area contributed by atoms with Gasteiger partial charge in [-0.05, 0) is 25.0 Å². The predicted octanol–water partition coefficient (Wildman–Crippen LogP) is 2.14. The number of anilines is 1. The lowest BCUT2D eigenvalue weighted by Crippen LogP contribution is -2.28. The van der Waals surface area contributed by atoms with Crippen molar-refractivity contribution in [1.82, 2.24) is 4.98 Å². The van der Waals surface area contributed by atoms with Crippen LogP contribution < -0.4 is 10.6 Å². The number of nitrogen functional groups attached to an aromatic ring is 1. The van der Waals surface area contributed by atoms with Crippen molar-refractivity contribution in [2.45, 2.75) is 32.1 Å². The van der Waals surface area contributed by atoms with Crippen LogP contribution in [0.25, 0.3) is 0 Å². The average Bonchev–Trinajstić information content (AvgIpc) is 2.28. The summed E-state index contributed by atoms with van der Waals surface area (Å²) in [5.41, 5.74) is 6.04. The Hall–Kier alpha value is -1.58. The summed E-state index contributed by atoms with van der Waals surface area (Å²) >= 11 is 0.